The van der Waals surface area contributed by atoms with E-state index in [-0.39, 0.29) is 39.6 Å². The predicted octanol–water partition coefficient (Wildman–Crippen LogP) is 8.33. The largest absolute Gasteiger partial charge is 0.534 e. The summed E-state index contributed by atoms with van der Waals surface area (Å²) in [6.07, 6.45) is 0. The SMILES string of the molecule is CC(C)[Si](C#Cc1cccc2cc(OCOCc3ccccc3)c(F)c(OS(=O)(=O)C(F)(F)F)c12)(C(C)C)C(C)C. The van der Waals surface area contributed by atoms with Crippen LogP contribution < -0.4 is 8.92 Å². The second-order valence-electron chi connectivity index (χ2n) is 10.6. The summed E-state index contributed by atoms with van der Waals surface area (Å²) in [6.45, 7) is 12.3. The summed E-state index contributed by atoms with van der Waals surface area (Å²) < 4.78 is 95.0. The Morgan fingerprint density at radius 2 is 1.51 bits per heavy atom. The molecule has 0 radical (unpaired) electrons. The van der Waals surface area contributed by atoms with Gasteiger partial charge in [0.05, 0.1) is 6.61 Å². The molecule has 0 atom stereocenters. The zero-order valence-electron chi connectivity index (χ0n) is 23.8. The normalized spacial score (nSPS) is 12.6. The highest BCUT2D eigenvalue weighted by atomic mass is 32.2. The first kappa shape index (κ1) is 32.4. The molecule has 0 saturated heterocycles. The first-order valence-corrected chi connectivity index (χ1v) is 16.8. The van der Waals surface area contributed by atoms with Gasteiger partial charge in [-0.25, -0.2) is 0 Å². The van der Waals surface area contributed by atoms with Crippen molar-refractivity contribution in [3.8, 4) is 23.0 Å². The zero-order valence-corrected chi connectivity index (χ0v) is 25.6. The minimum absolute atomic E-state index is 0.134. The molecular weight excluding hydrogens is 576 g/mol. The van der Waals surface area contributed by atoms with Crippen molar-refractivity contribution in [2.24, 2.45) is 0 Å². The van der Waals surface area contributed by atoms with Gasteiger partial charge in [-0.3, -0.25) is 0 Å². The van der Waals surface area contributed by atoms with Gasteiger partial charge in [-0.15, -0.1) is 5.54 Å². The summed E-state index contributed by atoms with van der Waals surface area (Å²) in [6, 6.07) is 14.9. The van der Waals surface area contributed by atoms with Gasteiger partial charge in [0.25, 0.3) is 0 Å². The molecule has 0 spiro atoms. The number of fused-ring (bicyclic) bond motifs is 1. The highest BCUT2D eigenvalue weighted by Crippen LogP contribution is 2.42. The van der Waals surface area contributed by atoms with Crippen LogP contribution in [-0.2, 0) is 21.5 Å². The summed E-state index contributed by atoms with van der Waals surface area (Å²) in [7, 11) is -8.51. The number of rotatable bonds is 10. The molecule has 0 aliphatic heterocycles. The van der Waals surface area contributed by atoms with Crippen molar-refractivity contribution in [3.63, 3.8) is 0 Å². The summed E-state index contributed by atoms with van der Waals surface area (Å²) in [4.78, 5) is 0. The van der Waals surface area contributed by atoms with Gasteiger partial charge in [0.1, 0.15) is 8.07 Å². The topological polar surface area (TPSA) is 61.8 Å². The Kier molecular flexibility index (Phi) is 10.2. The lowest BCUT2D eigenvalue weighted by atomic mass is 10.0. The number of hydrogen-bond donors (Lipinski definition) is 0. The molecule has 0 unspecified atom stereocenters. The molecule has 0 aliphatic carbocycles. The lowest BCUT2D eigenvalue weighted by Crippen LogP contribution is -2.43. The fraction of sp³-hybridized carbons (Fsp3) is 0.400. The molecule has 3 aromatic rings. The Bertz CT molecular complexity index is 1500. The third kappa shape index (κ3) is 7.05. The molecule has 222 valence electrons. The molecule has 0 aromatic heterocycles. The van der Waals surface area contributed by atoms with Gasteiger partial charge in [-0.2, -0.15) is 26.0 Å². The van der Waals surface area contributed by atoms with E-state index in [2.05, 4.69) is 57.2 Å². The van der Waals surface area contributed by atoms with Gasteiger partial charge in [-0.1, -0.05) is 89.9 Å². The van der Waals surface area contributed by atoms with E-state index in [1.807, 2.05) is 30.3 Å². The van der Waals surface area contributed by atoms with Gasteiger partial charge in [-0.05, 0) is 39.7 Å². The van der Waals surface area contributed by atoms with Crippen molar-refractivity contribution in [1.29, 1.82) is 0 Å². The van der Waals surface area contributed by atoms with Crippen molar-refractivity contribution in [3.05, 3.63) is 71.5 Å². The van der Waals surface area contributed by atoms with Crippen LogP contribution in [0.15, 0.2) is 54.6 Å². The Morgan fingerprint density at radius 1 is 0.902 bits per heavy atom. The average Bonchev–Trinajstić information content (AvgIpc) is 2.88. The van der Waals surface area contributed by atoms with Gasteiger partial charge in [0.15, 0.2) is 18.3 Å². The van der Waals surface area contributed by atoms with E-state index in [9.17, 15) is 21.6 Å². The smallest absolute Gasteiger partial charge is 0.464 e. The lowest BCUT2D eigenvalue weighted by molar-refractivity contribution is -0.0500. The van der Waals surface area contributed by atoms with E-state index in [4.69, 9.17) is 9.47 Å². The molecule has 0 N–H and O–H groups in total. The molecule has 0 amide bonds. The summed E-state index contributed by atoms with van der Waals surface area (Å²) in [5.41, 5.74) is -0.620. The van der Waals surface area contributed by atoms with Crippen LogP contribution in [0.3, 0.4) is 0 Å². The van der Waals surface area contributed by atoms with Crippen molar-refractivity contribution < 1.29 is 39.6 Å². The van der Waals surface area contributed by atoms with Crippen LogP contribution in [0.1, 0.15) is 52.7 Å². The predicted molar refractivity (Wildman–Crippen MR) is 154 cm³/mol. The maximum atomic E-state index is 15.7. The van der Waals surface area contributed by atoms with Gasteiger partial charge < -0.3 is 13.7 Å². The lowest BCUT2D eigenvalue weighted by Gasteiger charge is -2.38. The zero-order chi connectivity index (χ0) is 30.6. The fourth-order valence-corrected chi connectivity index (χ4v) is 10.9. The van der Waals surface area contributed by atoms with Crippen LogP contribution >= 0.6 is 0 Å². The van der Waals surface area contributed by atoms with E-state index in [0.29, 0.717) is 0 Å². The van der Waals surface area contributed by atoms with Crippen molar-refractivity contribution in [2.45, 2.75) is 70.3 Å². The number of halogens is 4. The number of hydrogen-bond acceptors (Lipinski definition) is 5. The van der Waals surface area contributed by atoms with Gasteiger partial charge in [0, 0.05) is 10.9 Å². The standard InChI is InChI=1S/C30H34F4O5SSi/c1-20(2)41(21(3)4,22(5)6)16-15-24-13-10-14-25-17-26(38-19-37-18-23-11-8-7-9-12-23)28(31)29(27(24)25)39-40(35,36)30(32,33)34/h7-14,17,20-22H,18-19H2,1-6H3. The molecular formula is C30H34F4O5SSi. The second kappa shape index (κ2) is 12.8. The number of benzene rings is 3. The monoisotopic (exact) mass is 610 g/mol. The third-order valence-electron chi connectivity index (χ3n) is 7.19. The molecule has 0 fully saturated rings. The highest BCUT2D eigenvalue weighted by molar-refractivity contribution is 7.88. The van der Waals surface area contributed by atoms with E-state index in [1.54, 1.807) is 6.07 Å². The first-order valence-electron chi connectivity index (χ1n) is 13.2. The molecule has 41 heavy (non-hydrogen) atoms. The number of alkyl halides is 3. The minimum Gasteiger partial charge on any atom is -0.464 e. The maximum Gasteiger partial charge on any atom is 0.534 e. The van der Waals surface area contributed by atoms with Crippen molar-refractivity contribution in [1.82, 2.24) is 0 Å². The van der Waals surface area contributed by atoms with Crippen LogP contribution in [0.2, 0.25) is 16.6 Å². The second-order valence-corrected chi connectivity index (χ2v) is 17.8. The van der Waals surface area contributed by atoms with Crippen molar-refractivity contribution >= 4 is 29.0 Å². The minimum atomic E-state index is -6.21. The van der Waals surface area contributed by atoms with Crippen LogP contribution in [-0.4, -0.2) is 28.8 Å². The quantitative estimate of drug-likeness (QED) is 0.0439. The Labute approximate surface area is 239 Å². The van der Waals surface area contributed by atoms with Crippen molar-refractivity contribution in [2.75, 3.05) is 6.79 Å². The molecule has 0 saturated carbocycles. The maximum absolute atomic E-state index is 15.7. The van der Waals surface area contributed by atoms with Crippen LogP contribution in [0.4, 0.5) is 17.6 Å². The van der Waals surface area contributed by atoms with E-state index in [1.165, 1.54) is 18.2 Å². The molecule has 0 bridgehead atoms. The molecule has 0 heterocycles. The molecule has 5 nitrogen and oxygen atoms in total. The summed E-state index contributed by atoms with van der Waals surface area (Å²) >= 11 is 0. The summed E-state index contributed by atoms with van der Waals surface area (Å²) in [5, 5.41) is -0.00316. The van der Waals surface area contributed by atoms with E-state index < -0.39 is 47.8 Å². The van der Waals surface area contributed by atoms with Gasteiger partial charge in [0.2, 0.25) is 5.82 Å². The van der Waals surface area contributed by atoms with E-state index >= 15 is 4.39 Å². The average molecular weight is 611 g/mol. The molecule has 3 rings (SSSR count). The first-order chi connectivity index (χ1) is 19.1. The summed E-state index contributed by atoms with van der Waals surface area (Å²) in [5.74, 6) is 0.00405. The fourth-order valence-electron chi connectivity index (χ4n) is 5.26. The Morgan fingerprint density at radius 3 is 2.07 bits per heavy atom. The Balaban J connectivity index is 2.15. The van der Waals surface area contributed by atoms with Crippen LogP contribution in [0.25, 0.3) is 10.8 Å². The number of ether oxygens (including phenoxy) is 2. The highest BCUT2D eigenvalue weighted by Gasteiger charge is 2.49. The van der Waals surface area contributed by atoms with Crippen LogP contribution in [0.5, 0.6) is 11.5 Å². The van der Waals surface area contributed by atoms with Crippen LogP contribution in [0, 0.1) is 17.3 Å². The third-order valence-corrected chi connectivity index (χ3v) is 14.4. The van der Waals surface area contributed by atoms with Gasteiger partial charge >= 0.3 is 15.6 Å². The molecule has 0 aliphatic rings. The Hall–Kier alpha value is -3.07. The molecule has 11 heteroatoms. The molecule has 3 aromatic carbocycles. The van der Waals surface area contributed by atoms with E-state index in [0.717, 1.165) is 5.56 Å².